The maximum Gasteiger partial charge on any atom is 0.229 e. The van der Waals surface area contributed by atoms with Gasteiger partial charge in [0.1, 0.15) is 5.75 Å². The summed E-state index contributed by atoms with van der Waals surface area (Å²) in [6, 6.07) is 7.50. The van der Waals surface area contributed by atoms with Crippen LogP contribution in [0.1, 0.15) is 19.3 Å². The fraction of sp³-hybridized carbons (Fsp3) is 0.350. The van der Waals surface area contributed by atoms with Crippen LogP contribution >= 0.6 is 0 Å². The van der Waals surface area contributed by atoms with Gasteiger partial charge in [-0.15, -0.1) is 5.10 Å². The van der Waals surface area contributed by atoms with Gasteiger partial charge in [-0.05, 0) is 50.1 Å². The highest BCUT2D eigenvalue weighted by molar-refractivity contribution is 5.72. The molecule has 5 N–H and O–H groups in total. The van der Waals surface area contributed by atoms with Crippen LogP contribution in [-0.4, -0.2) is 64.4 Å². The van der Waals surface area contributed by atoms with Crippen molar-refractivity contribution >= 4 is 22.8 Å². The number of ether oxygens (including phenoxy) is 1. The summed E-state index contributed by atoms with van der Waals surface area (Å²) in [4.78, 5) is 8.84. The smallest absolute Gasteiger partial charge is 0.229 e. The number of hydrogen-bond acceptors (Lipinski definition) is 10. The van der Waals surface area contributed by atoms with Crippen LogP contribution in [0.25, 0.3) is 16.9 Å². The molecule has 3 aromatic heterocycles. The molecule has 32 heavy (non-hydrogen) atoms. The molecule has 0 aliphatic rings. The number of benzene rings is 1. The average molecular weight is 439 g/mol. The Balaban J connectivity index is 1.46. The van der Waals surface area contributed by atoms with Gasteiger partial charge in [0.25, 0.3) is 0 Å². The van der Waals surface area contributed by atoms with Crippen LogP contribution < -0.4 is 15.8 Å². The van der Waals surface area contributed by atoms with E-state index in [1.807, 2.05) is 24.3 Å². The van der Waals surface area contributed by atoms with Crippen molar-refractivity contribution in [2.75, 3.05) is 18.5 Å². The third-order valence-electron chi connectivity index (χ3n) is 4.63. The number of nitrogens with one attached hydrogen (secondary N) is 1. The summed E-state index contributed by atoms with van der Waals surface area (Å²) >= 11 is 0. The Morgan fingerprint density at radius 3 is 2.75 bits per heavy atom. The van der Waals surface area contributed by atoms with Gasteiger partial charge in [0.2, 0.25) is 5.95 Å². The first-order valence-electron chi connectivity index (χ1n) is 10.3. The third-order valence-corrected chi connectivity index (χ3v) is 4.63. The molecule has 168 valence electrons. The molecule has 0 bridgehead atoms. The molecule has 4 aromatic rings. The molecule has 0 fully saturated rings. The molecule has 12 heteroatoms. The van der Waals surface area contributed by atoms with Crippen molar-refractivity contribution in [3.05, 3.63) is 42.9 Å². The molecule has 0 aliphatic carbocycles. The number of rotatable bonds is 11. The van der Waals surface area contributed by atoms with Gasteiger partial charge in [-0.3, -0.25) is 4.68 Å². The van der Waals surface area contributed by atoms with Crippen molar-refractivity contribution in [3.63, 3.8) is 0 Å². The number of aryl methyl sites for hydroxylation is 1. The molecule has 0 atom stereocenters. The zero-order chi connectivity index (χ0) is 22.3. The Labute approximate surface area is 183 Å². The van der Waals surface area contributed by atoms with Gasteiger partial charge in [0.05, 0.1) is 30.4 Å². The quantitative estimate of drug-likeness (QED) is 0.196. The fourth-order valence-electron chi connectivity index (χ4n) is 3.03. The van der Waals surface area contributed by atoms with E-state index >= 15 is 0 Å². The second-order valence-electron chi connectivity index (χ2n) is 7.13. The van der Waals surface area contributed by atoms with Crippen molar-refractivity contribution < 1.29 is 14.9 Å². The second kappa shape index (κ2) is 10.1. The first-order valence-corrected chi connectivity index (χ1v) is 10.3. The number of aromatic nitrogens is 7. The van der Waals surface area contributed by atoms with Gasteiger partial charge in [-0.25, -0.2) is 4.98 Å². The van der Waals surface area contributed by atoms with Crippen LogP contribution in [0.15, 0.2) is 42.9 Å². The summed E-state index contributed by atoms with van der Waals surface area (Å²) in [5.74, 6) is 1.14. The van der Waals surface area contributed by atoms with E-state index in [2.05, 4.69) is 30.7 Å². The fourth-order valence-corrected chi connectivity index (χ4v) is 3.03. The number of fused-ring (bicyclic) bond motifs is 1. The average Bonchev–Trinajstić information content (AvgIpc) is 3.41. The highest BCUT2D eigenvalue weighted by atomic mass is 16.5. The molecule has 0 spiro atoms. The lowest BCUT2D eigenvalue weighted by molar-refractivity contribution is -0.0469. The first-order chi connectivity index (χ1) is 15.6. The maximum atomic E-state index is 8.94. The molecule has 3 heterocycles. The third kappa shape index (κ3) is 5.35. The van der Waals surface area contributed by atoms with E-state index in [1.165, 1.54) is 0 Å². The zero-order valence-corrected chi connectivity index (χ0v) is 17.4. The molecular formula is C20H25N9O3. The lowest BCUT2D eigenvalue weighted by Crippen LogP contribution is -2.07. The van der Waals surface area contributed by atoms with Crippen molar-refractivity contribution in [1.29, 1.82) is 0 Å². The normalized spacial score (nSPS) is 11.4. The standard InChI is InChI=1S/C20H25N9O3/c21-8-2-10-32-16-6-4-15(5-7-16)29-19-17(26-27-29)12-22-20(25-19)24-14-11-23-28(13-14)9-1-3-18(30)31/h4-7,11-13,18,30-31H,1-3,8-10,21H2,(H,22,24,25). The molecule has 1 aromatic carbocycles. The minimum Gasteiger partial charge on any atom is -0.494 e. The van der Waals surface area contributed by atoms with Crippen LogP contribution in [0.4, 0.5) is 11.6 Å². The van der Waals surface area contributed by atoms with E-state index in [9.17, 15) is 0 Å². The lowest BCUT2D eigenvalue weighted by Gasteiger charge is -2.07. The summed E-state index contributed by atoms with van der Waals surface area (Å²) in [7, 11) is 0. The summed E-state index contributed by atoms with van der Waals surface area (Å²) in [6.45, 7) is 1.74. The Morgan fingerprint density at radius 2 is 1.97 bits per heavy atom. The summed E-state index contributed by atoms with van der Waals surface area (Å²) in [6.07, 6.45) is 5.45. The van der Waals surface area contributed by atoms with Gasteiger partial charge >= 0.3 is 0 Å². The second-order valence-corrected chi connectivity index (χ2v) is 7.13. The van der Waals surface area contributed by atoms with Crippen LogP contribution in [0.3, 0.4) is 0 Å². The zero-order valence-electron chi connectivity index (χ0n) is 17.4. The summed E-state index contributed by atoms with van der Waals surface area (Å²) < 4.78 is 8.99. The first kappa shape index (κ1) is 21.6. The topological polar surface area (TPSA) is 162 Å². The van der Waals surface area contributed by atoms with E-state index in [1.54, 1.807) is 28.0 Å². The highest BCUT2D eigenvalue weighted by Gasteiger charge is 2.11. The van der Waals surface area contributed by atoms with E-state index in [0.717, 1.165) is 17.9 Å². The van der Waals surface area contributed by atoms with Crippen LogP contribution in [0.2, 0.25) is 0 Å². The maximum absolute atomic E-state index is 8.94. The number of hydrogen-bond donors (Lipinski definition) is 4. The monoisotopic (exact) mass is 439 g/mol. The largest absolute Gasteiger partial charge is 0.494 e. The number of nitrogens with two attached hydrogens (primary N) is 1. The molecule has 4 rings (SSSR count). The van der Waals surface area contributed by atoms with Gasteiger partial charge in [0.15, 0.2) is 17.5 Å². The molecule has 0 saturated heterocycles. The minimum atomic E-state index is -1.30. The van der Waals surface area contributed by atoms with Crippen molar-refractivity contribution in [2.45, 2.75) is 32.1 Å². The van der Waals surface area contributed by atoms with E-state index in [0.29, 0.717) is 55.3 Å². The molecule has 12 nitrogen and oxygen atoms in total. The van der Waals surface area contributed by atoms with Gasteiger partial charge in [0, 0.05) is 12.7 Å². The Bertz CT molecular complexity index is 1140. The number of aliphatic hydroxyl groups is 2. The molecule has 0 unspecified atom stereocenters. The van der Waals surface area contributed by atoms with Crippen molar-refractivity contribution in [2.24, 2.45) is 5.73 Å². The predicted octanol–water partition coefficient (Wildman–Crippen LogP) is 0.969. The Hall–Kier alpha value is -3.61. The van der Waals surface area contributed by atoms with Gasteiger partial charge < -0.3 is 26.0 Å². The Kier molecular flexibility index (Phi) is 6.84. The highest BCUT2D eigenvalue weighted by Crippen LogP contribution is 2.20. The van der Waals surface area contributed by atoms with Gasteiger partial charge in [-0.1, -0.05) is 5.21 Å². The minimum absolute atomic E-state index is 0.292. The Morgan fingerprint density at radius 1 is 1.12 bits per heavy atom. The van der Waals surface area contributed by atoms with E-state index < -0.39 is 6.29 Å². The number of anilines is 2. The summed E-state index contributed by atoms with van der Waals surface area (Å²) in [5.41, 5.74) is 8.12. The predicted molar refractivity (Wildman–Crippen MR) is 117 cm³/mol. The molecule has 0 radical (unpaired) electrons. The van der Waals surface area contributed by atoms with Crippen molar-refractivity contribution in [1.82, 2.24) is 34.7 Å². The molecule has 0 amide bonds. The number of nitrogens with zero attached hydrogens (tertiary/aromatic N) is 7. The van der Waals surface area contributed by atoms with Crippen LogP contribution in [0, 0.1) is 0 Å². The van der Waals surface area contributed by atoms with Crippen molar-refractivity contribution in [3.8, 4) is 11.4 Å². The summed E-state index contributed by atoms with van der Waals surface area (Å²) in [5, 5.41) is 33.6. The van der Waals surface area contributed by atoms with Gasteiger partial charge in [-0.2, -0.15) is 14.8 Å². The van der Waals surface area contributed by atoms with E-state index in [4.69, 9.17) is 20.7 Å². The van der Waals surface area contributed by atoms with Crippen LogP contribution in [-0.2, 0) is 6.54 Å². The SMILES string of the molecule is NCCCOc1ccc(-n2nnc3cnc(Nc4cnn(CCCC(O)O)c4)nc32)cc1. The molecule has 0 aliphatic heterocycles. The molecule has 0 saturated carbocycles. The molecular weight excluding hydrogens is 414 g/mol. The number of aliphatic hydroxyl groups excluding tert-OH is 1. The van der Waals surface area contributed by atoms with E-state index in [-0.39, 0.29) is 0 Å². The van der Waals surface area contributed by atoms with Crippen LogP contribution in [0.5, 0.6) is 5.75 Å². The lowest BCUT2D eigenvalue weighted by atomic mass is 10.3.